The van der Waals surface area contributed by atoms with Crippen molar-refractivity contribution in [1.29, 1.82) is 0 Å². The minimum absolute atomic E-state index is 0.226. The second kappa shape index (κ2) is 5.87. The molecule has 0 atom stereocenters. The van der Waals surface area contributed by atoms with Gasteiger partial charge in [0.15, 0.2) is 0 Å². The zero-order chi connectivity index (χ0) is 14.6. The van der Waals surface area contributed by atoms with Crippen LogP contribution in [0.4, 0.5) is 13.2 Å². The van der Waals surface area contributed by atoms with Gasteiger partial charge in [-0.15, -0.1) is 0 Å². The van der Waals surface area contributed by atoms with Gasteiger partial charge < -0.3 is 10.1 Å². The van der Waals surface area contributed by atoms with E-state index in [0.29, 0.717) is 6.54 Å². The quantitative estimate of drug-likeness (QED) is 0.937. The summed E-state index contributed by atoms with van der Waals surface area (Å²) in [7, 11) is 1.79. The van der Waals surface area contributed by atoms with E-state index in [1.54, 1.807) is 7.05 Å². The summed E-state index contributed by atoms with van der Waals surface area (Å²) in [4.78, 5) is 8.11. The molecule has 0 fully saturated rings. The van der Waals surface area contributed by atoms with Crippen LogP contribution in [0.25, 0.3) is 0 Å². The highest BCUT2D eigenvalue weighted by atomic mass is 19.4. The highest BCUT2D eigenvalue weighted by molar-refractivity contribution is 5.31. The van der Waals surface area contributed by atoms with Gasteiger partial charge in [0, 0.05) is 6.54 Å². The van der Waals surface area contributed by atoms with Crippen LogP contribution in [0.5, 0.6) is 11.6 Å². The molecular formula is C13H12F3N3O. The predicted octanol–water partition coefficient (Wildman–Crippen LogP) is 3.01. The molecule has 0 aliphatic heterocycles. The van der Waals surface area contributed by atoms with Gasteiger partial charge in [-0.1, -0.05) is 0 Å². The lowest BCUT2D eigenvalue weighted by Crippen LogP contribution is -2.07. The molecule has 1 N–H and O–H groups in total. The van der Waals surface area contributed by atoms with Crippen molar-refractivity contribution in [2.24, 2.45) is 0 Å². The van der Waals surface area contributed by atoms with Crippen molar-refractivity contribution >= 4 is 0 Å². The van der Waals surface area contributed by atoms with E-state index >= 15 is 0 Å². The Morgan fingerprint density at radius 3 is 2.30 bits per heavy atom. The third kappa shape index (κ3) is 3.67. The molecule has 2 rings (SSSR count). The first kappa shape index (κ1) is 14.3. The van der Waals surface area contributed by atoms with E-state index in [2.05, 4.69) is 15.3 Å². The Morgan fingerprint density at radius 1 is 1.10 bits per heavy atom. The van der Waals surface area contributed by atoms with Crippen molar-refractivity contribution in [3.05, 3.63) is 47.9 Å². The Balaban J connectivity index is 2.06. The second-order valence-corrected chi connectivity index (χ2v) is 4.00. The number of hydrogen-bond acceptors (Lipinski definition) is 4. The minimum atomic E-state index is -4.35. The van der Waals surface area contributed by atoms with E-state index in [9.17, 15) is 13.2 Å². The smallest absolute Gasteiger partial charge is 0.416 e. The lowest BCUT2D eigenvalue weighted by Gasteiger charge is -2.08. The van der Waals surface area contributed by atoms with E-state index in [0.717, 1.165) is 17.8 Å². The van der Waals surface area contributed by atoms with Crippen LogP contribution in [-0.4, -0.2) is 17.0 Å². The van der Waals surface area contributed by atoms with Crippen LogP contribution in [0.2, 0.25) is 0 Å². The maximum atomic E-state index is 12.4. The van der Waals surface area contributed by atoms with Crippen molar-refractivity contribution in [2.75, 3.05) is 7.05 Å². The third-order valence-electron chi connectivity index (χ3n) is 2.44. The van der Waals surface area contributed by atoms with Crippen LogP contribution in [0, 0.1) is 0 Å². The van der Waals surface area contributed by atoms with Gasteiger partial charge in [0.05, 0.1) is 23.7 Å². The average molecular weight is 283 g/mol. The standard InChI is InChI=1S/C13H12F3N3O/c1-17-6-10-7-19-12(8-18-10)20-11-4-2-9(3-5-11)13(14,15)16/h2-5,7-8,17H,6H2,1H3. The Labute approximate surface area is 113 Å². The summed E-state index contributed by atoms with van der Waals surface area (Å²) in [5.74, 6) is 0.498. The summed E-state index contributed by atoms with van der Waals surface area (Å²) in [5.41, 5.74) is 0.0209. The predicted molar refractivity (Wildman–Crippen MR) is 66.3 cm³/mol. The number of nitrogens with zero attached hydrogens (tertiary/aromatic N) is 2. The second-order valence-electron chi connectivity index (χ2n) is 4.00. The monoisotopic (exact) mass is 283 g/mol. The van der Waals surface area contributed by atoms with Gasteiger partial charge in [0.1, 0.15) is 5.75 Å². The molecule has 0 spiro atoms. The Bertz CT molecular complexity index is 553. The van der Waals surface area contributed by atoms with Crippen LogP contribution in [0.3, 0.4) is 0 Å². The number of ether oxygens (including phenoxy) is 1. The number of benzene rings is 1. The van der Waals surface area contributed by atoms with Gasteiger partial charge >= 0.3 is 6.18 Å². The van der Waals surface area contributed by atoms with Crippen LogP contribution in [-0.2, 0) is 12.7 Å². The summed E-state index contributed by atoms with van der Waals surface area (Å²) >= 11 is 0. The number of halogens is 3. The first-order valence-electron chi connectivity index (χ1n) is 5.79. The maximum absolute atomic E-state index is 12.4. The Kier molecular flexibility index (Phi) is 4.19. The zero-order valence-corrected chi connectivity index (χ0v) is 10.6. The number of rotatable bonds is 4. The molecule has 0 unspecified atom stereocenters. The molecule has 7 heteroatoms. The summed E-state index contributed by atoms with van der Waals surface area (Å²) in [6.07, 6.45) is -1.40. The number of alkyl halides is 3. The molecule has 1 aromatic heterocycles. The molecule has 1 aromatic carbocycles. The highest BCUT2D eigenvalue weighted by Gasteiger charge is 2.30. The van der Waals surface area contributed by atoms with Crippen molar-refractivity contribution < 1.29 is 17.9 Å². The topological polar surface area (TPSA) is 47.0 Å². The molecular weight excluding hydrogens is 271 g/mol. The minimum Gasteiger partial charge on any atom is -0.438 e. The van der Waals surface area contributed by atoms with Gasteiger partial charge in [-0.25, -0.2) is 4.98 Å². The van der Waals surface area contributed by atoms with Crippen molar-refractivity contribution in [2.45, 2.75) is 12.7 Å². The number of nitrogens with one attached hydrogen (secondary N) is 1. The van der Waals surface area contributed by atoms with Gasteiger partial charge in [-0.05, 0) is 31.3 Å². The Hall–Kier alpha value is -2.15. The number of hydrogen-bond donors (Lipinski definition) is 1. The molecule has 2 aromatic rings. The summed E-state index contributed by atoms with van der Waals surface area (Å²) in [5, 5.41) is 2.92. The van der Waals surface area contributed by atoms with E-state index in [4.69, 9.17) is 4.74 Å². The molecule has 106 valence electrons. The number of aromatic nitrogens is 2. The molecule has 4 nitrogen and oxygen atoms in total. The average Bonchev–Trinajstić information content (AvgIpc) is 2.41. The SMILES string of the molecule is CNCc1cnc(Oc2ccc(C(F)(F)F)cc2)cn1. The fourth-order valence-corrected chi connectivity index (χ4v) is 1.50. The zero-order valence-electron chi connectivity index (χ0n) is 10.6. The van der Waals surface area contributed by atoms with E-state index in [1.165, 1.54) is 24.5 Å². The molecule has 0 saturated heterocycles. The molecule has 0 saturated carbocycles. The van der Waals surface area contributed by atoms with Gasteiger partial charge in [0.2, 0.25) is 5.88 Å². The van der Waals surface area contributed by atoms with Crippen molar-refractivity contribution in [3.63, 3.8) is 0 Å². The lowest BCUT2D eigenvalue weighted by atomic mass is 10.2. The molecule has 0 radical (unpaired) electrons. The molecule has 20 heavy (non-hydrogen) atoms. The van der Waals surface area contributed by atoms with Gasteiger partial charge in [0.25, 0.3) is 0 Å². The highest BCUT2D eigenvalue weighted by Crippen LogP contribution is 2.30. The molecule has 0 aliphatic carbocycles. The molecule has 0 aliphatic rings. The molecule has 0 amide bonds. The summed E-state index contributed by atoms with van der Waals surface area (Å²) < 4.78 is 42.5. The lowest BCUT2D eigenvalue weighted by molar-refractivity contribution is -0.137. The normalized spacial score (nSPS) is 11.4. The van der Waals surface area contributed by atoms with Gasteiger partial charge in [-0.2, -0.15) is 13.2 Å². The molecule has 1 heterocycles. The van der Waals surface area contributed by atoms with Gasteiger partial charge in [-0.3, -0.25) is 4.98 Å². The van der Waals surface area contributed by atoms with Crippen molar-refractivity contribution in [3.8, 4) is 11.6 Å². The van der Waals surface area contributed by atoms with Crippen molar-refractivity contribution in [1.82, 2.24) is 15.3 Å². The van der Waals surface area contributed by atoms with E-state index in [-0.39, 0.29) is 11.6 Å². The van der Waals surface area contributed by atoms with Crippen LogP contribution >= 0.6 is 0 Å². The van der Waals surface area contributed by atoms with Crippen LogP contribution in [0.1, 0.15) is 11.3 Å². The first-order valence-corrected chi connectivity index (χ1v) is 5.79. The fourth-order valence-electron chi connectivity index (χ4n) is 1.50. The Morgan fingerprint density at radius 2 is 1.80 bits per heavy atom. The largest absolute Gasteiger partial charge is 0.438 e. The summed E-state index contributed by atoms with van der Waals surface area (Å²) in [6, 6.07) is 4.40. The van der Waals surface area contributed by atoms with Crippen LogP contribution < -0.4 is 10.1 Å². The third-order valence-corrected chi connectivity index (χ3v) is 2.44. The van der Waals surface area contributed by atoms with Crippen LogP contribution in [0.15, 0.2) is 36.7 Å². The first-order chi connectivity index (χ1) is 9.49. The fraction of sp³-hybridized carbons (Fsp3) is 0.231. The van der Waals surface area contributed by atoms with E-state index in [1.807, 2.05) is 0 Å². The van der Waals surface area contributed by atoms with E-state index < -0.39 is 11.7 Å². The summed E-state index contributed by atoms with van der Waals surface area (Å²) in [6.45, 7) is 0.577. The molecule has 0 bridgehead atoms. The maximum Gasteiger partial charge on any atom is 0.416 e.